The molecule has 0 fully saturated rings. The van der Waals surface area contributed by atoms with Gasteiger partial charge in [0.05, 0.1) is 4.92 Å². The van der Waals surface area contributed by atoms with Crippen LogP contribution in [0.15, 0.2) is 29.8 Å². The molecular formula is C13H13N3O3. The van der Waals surface area contributed by atoms with Gasteiger partial charge in [-0.3, -0.25) is 14.9 Å². The number of benzene rings is 1. The van der Waals surface area contributed by atoms with Crippen LogP contribution in [0.25, 0.3) is 6.08 Å². The number of nitrogens with one attached hydrogen (secondary N) is 1. The van der Waals surface area contributed by atoms with Crippen molar-refractivity contribution in [2.75, 3.05) is 6.54 Å². The highest BCUT2D eigenvalue weighted by atomic mass is 16.6. The first-order chi connectivity index (χ1) is 9.08. The standard InChI is InChI=1S/C13H13N3O3/c1-2-7-15-13(17)11(9-14)8-10-3-5-12(6-4-10)16(18)19/h3-6,8H,2,7H2,1H3,(H,15,17)/b11-8-. The van der Waals surface area contributed by atoms with E-state index < -0.39 is 10.8 Å². The molecule has 0 heterocycles. The van der Waals surface area contributed by atoms with Gasteiger partial charge in [-0.05, 0) is 30.2 Å². The van der Waals surface area contributed by atoms with E-state index in [1.54, 1.807) is 0 Å². The van der Waals surface area contributed by atoms with E-state index in [-0.39, 0.29) is 11.3 Å². The molecule has 0 saturated carbocycles. The zero-order valence-electron chi connectivity index (χ0n) is 10.4. The normalized spacial score (nSPS) is 10.6. The van der Waals surface area contributed by atoms with Gasteiger partial charge >= 0.3 is 0 Å². The van der Waals surface area contributed by atoms with E-state index in [2.05, 4.69) is 5.32 Å². The summed E-state index contributed by atoms with van der Waals surface area (Å²) in [5.41, 5.74) is 0.502. The van der Waals surface area contributed by atoms with Crippen LogP contribution >= 0.6 is 0 Å². The minimum atomic E-state index is -0.507. The highest BCUT2D eigenvalue weighted by Crippen LogP contribution is 2.14. The second-order valence-corrected chi connectivity index (χ2v) is 3.77. The third kappa shape index (κ3) is 4.24. The van der Waals surface area contributed by atoms with Crippen LogP contribution in [0, 0.1) is 21.4 Å². The van der Waals surface area contributed by atoms with Crippen molar-refractivity contribution in [1.82, 2.24) is 5.32 Å². The highest BCUT2D eigenvalue weighted by molar-refractivity contribution is 6.01. The molecule has 1 N–H and O–H groups in total. The Morgan fingerprint density at radius 3 is 2.58 bits per heavy atom. The second kappa shape index (κ2) is 6.91. The molecule has 0 aliphatic heterocycles. The number of hydrogen-bond donors (Lipinski definition) is 1. The molecule has 0 aromatic heterocycles. The summed E-state index contributed by atoms with van der Waals surface area (Å²) in [7, 11) is 0. The van der Waals surface area contributed by atoms with Gasteiger partial charge in [-0.1, -0.05) is 6.92 Å². The predicted octanol–water partition coefficient (Wildman–Crippen LogP) is 2.03. The van der Waals surface area contributed by atoms with E-state index in [9.17, 15) is 14.9 Å². The maximum Gasteiger partial charge on any atom is 0.269 e. The molecule has 1 amide bonds. The first-order valence-electron chi connectivity index (χ1n) is 5.73. The Bertz CT molecular complexity index is 541. The highest BCUT2D eigenvalue weighted by Gasteiger charge is 2.08. The van der Waals surface area contributed by atoms with Crippen molar-refractivity contribution in [3.8, 4) is 6.07 Å². The number of amides is 1. The van der Waals surface area contributed by atoms with Crippen molar-refractivity contribution >= 4 is 17.7 Å². The zero-order valence-corrected chi connectivity index (χ0v) is 10.4. The van der Waals surface area contributed by atoms with Gasteiger partial charge in [0.15, 0.2) is 0 Å². The number of nitro benzene ring substituents is 1. The summed E-state index contributed by atoms with van der Waals surface area (Å²) in [6, 6.07) is 7.44. The maximum absolute atomic E-state index is 11.6. The molecule has 0 unspecified atom stereocenters. The van der Waals surface area contributed by atoms with Crippen molar-refractivity contribution < 1.29 is 9.72 Å². The summed E-state index contributed by atoms with van der Waals surface area (Å²) in [6.07, 6.45) is 2.18. The van der Waals surface area contributed by atoms with Crippen molar-refractivity contribution in [2.24, 2.45) is 0 Å². The Kier molecular flexibility index (Phi) is 5.23. The van der Waals surface area contributed by atoms with Crippen LogP contribution in [-0.4, -0.2) is 17.4 Å². The van der Waals surface area contributed by atoms with Gasteiger partial charge < -0.3 is 5.32 Å². The number of non-ortho nitro benzene ring substituents is 1. The van der Waals surface area contributed by atoms with Gasteiger partial charge in [-0.2, -0.15) is 5.26 Å². The number of carbonyl (C=O) groups is 1. The summed E-state index contributed by atoms with van der Waals surface area (Å²) < 4.78 is 0. The summed E-state index contributed by atoms with van der Waals surface area (Å²) in [4.78, 5) is 21.6. The SMILES string of the molecule is CCCNC(=O)/C(C#N)=C\c1ccc([N+](=O)[O-])cc1. The van der Waals surface area contributed by atoms with Crippen molar-refractivity contribution in [3.05, 3.63) is 45.5 Å². The molecule has 0 aliphatic rings. The summed E-state index contributed by atoms with van der Waals surface area (Å²) in [6.45, 7) is 2.41. The van der Waals surface area contributed by atoms with Crippen molar-refractivity contribution in [2.45, 2.75) is 13.3 Å². The van der Waals surface area contributed by atoms with Gasteiger partial charge in [0.2, 0.25) is 0 Å². The lowest BCUT2D eigenvalue weighted by Crippen LogP contribution is -2.25. The molecule has 0 aliphatic carbocycles. The second-order valence-electron chi connectivity index (χ2n) is 3.77. The van der Waals surface area contributed by atoms with Crippen LogP contribution < -0.4 is 5.32 Å². The molecule has 6 nitrogen and oxygen atoms in total. The third-order valence-corrected chi connectivity index (χ3v) is 2.32. The first-order valence-corrected chi connectivity index (χ1v) is 5.73. The van der Waals surface area contributed by atoms with Gasteiger partial charge in [0.25, 0.3) is 11.6 Å². The number of carbonyl (C=O) groups excluding carboxylic acids is 1. The largest absolute Gasteiger partial charge is 0.351 e. The molecule has 1 aromatic rings. The van der Waals surface area contributed by atoms with Gasteiger partial charge in [-0.15, -0.1) is 0 Å². The summed E-state index contributed by atoms with van der Waals surface area (Å²) in [5.74, 6) is -0.442. The van der Waals surface area contributed by atoms with Crippen LogP contribution in [0.1, 0.15) is 18.9 Å². The van der Waals surface area contributed by atoms with Crippen LogP contribution in [0.4, 0.5) is 5.69 Å². The molecule has 6 heteroatoms. The van der Waals surface area contributed by atoms with E-state index in [0.717, 1.165) is 6.42 Å². The average Bonchev–Trinajstić information content (AvgIpc) is 2.42. The lowest BCUT2D eigenvalue weighted by atomic mass is 10.1. The number of nitrogens with zero attached hydrogens (tertiary/aromatic N) is 2. The van der Waals surface area contributed by atoms with E-state index in [0.29, 0.717) is 12.1 Å². The molecule has 0 atom stereocenters. The Morgan fingerprint density at radius 1 is 1.47 bits per heavy atom. The Morgan fingerprint density at radius 2 is 2.11 bits per heavy atom. The minimum Gasteiger partial charge on any atom is -0.351 e. The van der Waals surface area contributed by atoms with Gasteiger partial charge in [0, 0.05) is 18.7 Å². The molecule has 1 aromatic carbocycles. The lowest BCUT2D eigenvalue weighted by molar-refractivity contribution is -0.384. The van der Waals surface area contributed by atoms with E-state index >= 15 is 0 Å². The fourth-order valence-corrected chi connectivity index (χ4v) is 1.34. The minimum absolute atomic E-state index is 0.0256. The van der Waals surface area contributed by atoms with E-state index in [4.69, 9.17) is 5.26 Å². The molecule has 0 bridgehead atoms. The first kappa shape index (κ1) is 14.4. The molecule has 0 radical (unpaired) electrons. The number of hydrogen-bond acceptors (Lipinski definition) is 4. The van der Waals surface area contributed by atoms with Crippen molar-refractivity contribution in [3.63, 3.8) is 0 Å². The van der Waals surface area contributed by atoms with Crippen LogP contribution in [0.2, 0.25) is 0 Å². The number of rotatable bonds is 5. The summed E-state index contributed by atoms with van der Waals surface area (Å²) in [5, 5.41) is 22.0. The number of nitro groups is 1. The Labute approximate surface area is 110 Å². The lowest BCUT2D eigenvalue weighted by Gasteiger charge is -2.01. The predicted molar refractivity (Wildman–Crippen MR) is 70.0 cm³/mol. The molecule has 19 heavy (non-hydrogen) atoms. The topological polar surface area (TPSA) is 96.0 Å². The van der Waals surface area contributed by atoms with Gasteiger partial charge in [-0.25, -0.2) is 0 Å². The summed E-state index contributed by atoms with van der Waals surface area (Å²) >= 11 is 0. The molecule has 0 saturated heterocycles. The van der Waals surface area contributed by atoms with Crippen LogP contribution in [0.3, 0.4) is 0 Å². The smallest absolute Gasteiger partial charge is 0.269 e. The average molecular weight is 259 g/mol. The third-order valence-electron chi connectivity index (χ3n) is 2.32. The zero-order chi connectivity index (χ0) is 14.3. The van der Waals surface area contributed by atoms with E-state index in [1.165, 1.54) is 30.3 Å². The molecule has 98 valence electrons. The fourth-order valence-electron chi connectivity index (χ4n) is 1.34. The monoisotopic (exact) mass is 259 g/mol. The molecule has 1 rings (SSSR count). The maximum atomic E-state index is 11.6. The van der Waals surface area contributed by atoms with Gasteiger partial charge in [0.1, 0.15) is 11.6 Å². The number of nitriles is 1. The quantitative estimate of drug-likeness (QED) is 0.378. The van der Waals surface area contributed by atoms with Crippen LogP contribution in [-0.2, 0) is 4.79 Å². The van der Waals surface area contributed by atoms with E-state index in [1.807, 2.05) is 13.0 Å². The van der Waals surface area contributed by atoms with Crippen LogP contribution in [0.5, 0.6) is 0 Å². The van der Waals surface area contributed by atoms with Crippen molar-refractivity contribution in [1.29, 1.82) is 5.26 Å². The fraction of sp³-hybridized carbons (Fsp3) is 0.231. The Balaban J connectivity index is 2.89. The Hall–Kier alpha value is -2.68. The molecule has 0 spiro atoms. The molecular weight excluding hydrogens is 246 g/mol.